The van der Waals surface area contributed by atoms with Crippen molar-refractivity contribution in [2.45, 2.75) is 22.6 Å². The average Bonchev–Trinajstić information content (AvgIpc) is 3.37. The van der Waals surface area contributed by atoms with E-state index in [1.54, 1.807) is 22.7 Å². The standard InChI is InChI=1S/C19H17NO2S3/c21-25(22)18-2-1-14(15-4-6-24-12-15)7-16(18)17-9-20(10-19(17)25)8-13-3-5-23-11-13/h1-7,11-12,17,19H,8-10H2/t17-,19-/m1/s1. The maximum absolute atomic E-state index is 13.0. The number of nitrogens with zero attached hydrogens (tertiary/aromatic N) is 1. The molecule has 1 aromatic carbocycles. The van der Waals surface area contributed by atoms with Gasteiger partial charge in [-0.15, -0.1) is 0 Å². The van der Waals surface area contributed by atoms with E-state index < -0.39 is 9.84 Å². The number of rotatable bonds is 3. The zero-order valence-corrected chi connectivity index (χ0v) is 15.9. The summed E-state index contributed by atoms with van der Waals surface area (Å²) >= 11 is 3.35. The van der Waals surface area contributed by atoms with Crippen LogP contribution in [0.5, 0.6) is 0 Å². The first-order chi connectivity index (χ1) is 12.1. The molecular formula is C19H17NO2S3. The fourth-order valence-electron chi connectivity index (χ4n) is 4.10. The van der Waals surface area contributed by atoms with E-state index in [0.717, 1.165) is 24.2 Å². The van der Waals surface area contributed by atoms with Crippen molar-refractivity contribution in [3.05, 3.63) is 63.0 Å². The van der Waals surface area contributed by atoms with Crippen LogP contribution in [0.2, 0.25) is 0 Å². The molecule has 5 rings (SSSR count). The van der Waals surface area contributed by atoms with Gasteiger partial charge in [-0.3, -0.25) is 4.90 Å². The Kier molecular flexibility index (Phi) is 3.64. The molecule has 3 nitrogen and oxygen atoms in total. The van der Waals surface area contributed by atoms with Gasteiger partial charge >= 0.3 is 0 Å². The average molecular weight is 388 g/mol. The minimum absolute atomic E-state index is 0.0946. The molecule has 3 aromatic rings. The highest BCUT2D eigenvalue weighted by atomic mass is 32.2. The Morgan fingerprint density at radius 1 is 1.00 bits per heavy atom. The van der Waals surface area contributed by atoms with Crippen molar-refractivity contribution in [1.29, 1.82) is 0 Å². The van der Waals surface area contributed by atoms with Crippen LogP contribution in [0.25, 0.3) is 11.1 Å². The third kappa shape index (κ3) is 2.51. The number of fused-ring (bicyclic) bond motifs is 3. The summed E-state index contributed by atoms with van der Waals surface area (Å²) in [6.45, 7) is 2.29. The molecule has 0 bridgehead atoms. The van der Waals surface area contributed by atoms with E-state index in [1.807, 2.05) is 12.1 Å². The monoisotopic (exact) mass is 387 g/mol. The van der Waals surface area contributed by atoms with Crippen LogP contribution in [-0.2, 0) is 16.4 Å². The van der Waals surface area contributed by atoms with E-state index in [9.17, 15) is 8.42 Å². The molecule has 25 heavy (non-hydrogen) atoms. The van der Waals surface area contributed by atoms with Crippen LogP contribution in [0, 0.1) is 0 Å². The van der Waals surface area contributed by atoms with Gasteiger partial charge < -0.3 is 0 Å². The van der Waals surface area contributed by atoms with Crippen molar-refractivity contribution in [1.82, 2.24) is 4.90 Å². The number of sulfone groups is 1. The summed E-state index contributed by atoms with van der Waals surface area (Å²) in [7, 11) is -3.22. The third-order valence-electron chi connectivity index (χ3n) is 5.30. The lowest BCUT2D eigenvalue weighted by Gasteiger charge is -2.16. The van der Waals surface area contributed by atoms with Gasteiger partial charge in [0, 0.05) is 25.6 Å². The molecule has 128 valence electrons. The van der Waals surface area contributed by atoms with Crippen molar-refractivity contribution in [3.63, 3.8) is 0 Å². The molecule has 0 aliphatic carbocycles. The lowest BCUT2D eigenvalue weighted by Crippen LogP contribution is -2.25. The van der Waals surface area contributed by atoms with E-state index in [-0.39, 0.29) is 11.2 Å². The van der Waals surface area contributed by atoms with Crippen molar-refractivity contribution in [2.75, 3.05) is 13.1 Å². The van der Waals surface area contributed by atoms with E-state index in [2.05, 4.69) is 44.6 Å². The van der Waals surface area contributed by atoms with Gasteiger partial charge in [-0.2, -0.15) is 22.7 Å². The van der Waals surface area contributed by atoms with Crippen molar-refractivity contribution in [3.8, 4) is 11.1 Å². The molecule has 1 fully saturated rings. The summed E-state index contributed by atoms with van der Waals surface area (Å²) in [6.07, 6.45) is 0. The van der Waals surface area contributed by atoms with Gasteiger partial charge in [-0.25, -0.2) is 8.42 Å². The van der Waals surface area contributed by atoms with E-state index in [4.69, 9.17) is 0 Å². The van der Waals surface area contributed by atoms with Gasteiger partial charge in [0.05, 0.1) is 10.1 Å². The van der Waals surface area contributed by atoms with Crippen LogP contribution < -0.4 is 0 Å². The number of thiophene rings is 2. The molecule has 2 atom stereocenters. The van der Waals surface area contributed by atoms with E-state index >= 15 is 0 Å². The SMILES string of the molecule is O=S1(=O)c2ccc(-c3ccsc3)cc2[C@H]2CN(Cc3ccsc3)C[C@H]21. The molecule has 4 heterocycles. The molecule has 0 saturated carbocycles. The third-order valence-corrected chi connectivity index (χ3v) is 8.97. The second-order valence-corrected chi connectivity index (χ2v) is 10.5. The lowest BCUT2D eigenvalue weighted by molar-refractivity contribution is 0.326. The molecule has 0 amide bonds. The van der Waals surface area contributed by atoms with Crippen molar-refractivity contribution >= 4 is 32.5 Å². The normalized spacial score (nSPS) is 24.3. The van der Waals surface area contributed by atoms with Crippen LogP contribution >= 0.6 is 22.7 Å². The second-order valence-electron chi connectivity index (χ2n) is 6.78. The fraction of sp³-hybridized carbons (Fsp3) is 0.263. The number of hydrogen-bond donors (Lipinski definition) is 0. The molecule has 0 spiro atoms. The van der Waals surface area contributed by atoms with E-state index in [0.29, 0.717) is 11.4 Å². The van der Waals surface area contributed by atoms with Gasteiger partial charge in [0.1, 0.15) is 0 Å². The predicted octanol–water partition coefficient (Wildman–Crippen LogP) is 4.23. The summed E-state index contributed by atoms with van der Waals surface area (Å²) < 4.78 is 26.0. The Bertz CT molecular complexity index is 1010. The Hall–Kier alpha value is -1.47. The molecule has 6 heteroatoms. The molecule has 2 aliphatic rings. The molecule has 0 unspecified atom stereocenters. The molecule has 2 aliphatic heterocycles. The minimum atomic E-state index is -3.22. The summed E-state index contributed by atoms with van der Waals surface area (Å²) in [5.41, 5.74) is 4.57. The fourth-order valence-corrected chi connectivity index (χ4v) is 7.62. The first-order valence-electron chi connectivity index (χ1n) is 8.27. The van der Waals surface area contributed by atoms with Gasteiger partial charge in [0.25, 0.3) is 0 Å². The molecular weight excluding hydrogens is 370 g/mol. The van der Waals surface area contributed by atoms with Gasteiger partial charge in [0.2, 0.25) is 0 Å². The highest BCUT2D eigenvalue weighted by Crippen LogP contribution is 2.46. The highest BCUT2D eigenvalue weighted by molar-refractivity contribution is 7.92. The summed E-state index contributed by atoms with van der Waals surface area (Å²) in [4.78, 5) is 2.84. The summed E-state index contributed by atoms with van der Waals surface area (Å²) in [5, 5.41) is 8.09. The Labute approximate surface area is 155 Å². The van der Waals surface area contributed by atoms with Crippen molar-refractivity contribution in [2.24, 2.45) is 0 Å². The van der Waals surface area contributed by atoms with Crippen LogP contribution in [0.15, 0.2) is 56.7 Å². The zero-order valence-electron chi connectivity index (χ0n) is 13.5. The molecule has 0 N–H and O–H groups in total. The largest absolute Gasteiger partial charge is 0.297 e. The highest BCUT2D eigenvalue weighted by Gasteiger charge is 2.50. The van der Waals surface area contributed by atoms with Crippen LogP contribution in [0.4, 0.5) is 0 Å². The van der Waals surface area contributed by atoms with Crippen molar-refractivity contribution < 1.29 is 8.42 Å². The van der Waals surface area contributed by atoms with E-state index in [1.165, 1.54) is 11.1 Å². The van der Waals surface area contributed by atoms with Crippen LogP contribution in [0.1, 0.15) is 17.0 Å². The first kappa shape index (κ1) is 15.8. The van der Waals surface area contributed by atoms with Crippen LogP contribution in [0.3, 0.4) is 0 Å². The Morgan fingerprint density at radius 2 is 1.84 bits per heavy atom. The molecule has 1 saturated heterocycles. The lowest BCUT2D eigenvalue weighted by atomic mass is 9.95. The maximum Gasteiger partial charge on any atom is 0.183 e. The zero-order chi connectivity index (χ0) is 17.0. The quantitative estimate of drug-likeness (QED) is 0.675. The topological polar surface area (TPSA) is 37.4 Å². The van der Waals surface area contributed by atoms with Crippen LogP contribution in [-0.4, -0.2) is 31.7 Å². The number of likely N-dealkylation sites (tertiary alicyclic amines) is 1. The first-order valence-corrected chi connectivity index (χ1v) is 11.7. The van der Waals surface area contributed by atoms with Gasteiger partial charge in [-0.1, -0.05) is 6.07 Å². The predicted molar refractivity (Wildman–Crippen MR) is 103 cm³/mol. The molecule has 0 radical (unpaired) electrons. The smallest absolute Gasteiger partial charge is 0.183 e. The van der Waals surface area contributed by atoms with Gasteiger partial charge in [0.15, 0.2) is 9.84 Å². The van der Waals surface area contributed by atoms with Gasteiger partial charge in [-0.05, 0) is 68.0 Å². The number of benzene rings is 1. The second kappa shape index (κ2) is 5.77. The Balaban J connectivity index is 1.51. The summed E-state index contributed by atoms with van der Waals surface area (Å²) in [5.74, 6) is 0.0946. The molecule has 2 aromatic heterocycles. The maximum atomic E-state index is 13.0. The number of hydrogen-bond acceptors (Lipinski definition) is 5. The summed E-state index contributed by atoms with van der Waals surface area (Å²) in [6, 6.07) is 10.1. The Morgan fingerprint density at radius 3 is 2.60 bits per heavy atom. The minimum Gasteiger partial charge on any atom is -0.297 e.